The molecule has 4 fully saturated rings. The van der Waals surface area contributed by atoms with Gasteiger partial charge >= 0.3 is 13.1 Å². The van der Waals surface area contributed by atoms with Gasteiger partial charge in [-0.25, -0.2) is 13.1 Å². The van der Waals surface area contributed by atoms with E-state index in [0.29, 0.717) is 18.3 Å². The molecular weight excluding hydrogens is 457 g/mol. The molecule has 1 aromatic carbocycles. The molecule has 3 aliphatic carbocycles. The Morgan fingerprint density at radius 3 is 2.76 bits per heavy atom. The molecule has 6 rings (SSSR count). The summed E-state index contributed by atoms with van der Waals surface area (Å²) in [5.74, 6) is -0.665. The third-order valence-electron chi connectivity index (χ3n) is 8.43. The first-order chi connectivity index (χ1) is 16.0. The van der Waals surface area contributed by atoms with Crippen LogP contribution in [0.15, 0.2) is 34.9 Å². The van der Waals surface area contributed by atoms with Crippen LogP contribution in [0.1, 0.15) is 45.6 Å². The predicted molar refractivity (Wildman–Crippen MR) is 127 cm³/mol. The lowest BCUT2D eigenvalue weighted by Gasteiger charge is -2.64. The Balaban J connectivity index is 1.41. The summed E-state index contributed by atoms with van der Waals surface area (Å²) in [6.45, 7) is 6.68. The third-order valence-corrected chi connectivity index (χ3v) is 9.84. The number of hydrogen-bond donors (Lipinski definition) is 1. The van der Waals surface area contributed by atoms with Gasteiger partial charge in [-0.1, -0.05) is 32.0 Å². The molecule has 5 atom stereocenters. The quantitative estimate of drug-likeness (QED) is 0.449. The van der Waals surface area contributed by atoms with Crippen molar-refractivity contribution in [3.05, 3.63) is 36.1 Å². The van der Waals surface area contributed by atoms with Gasteiger partial charge in [-0.05, 0) is 55.1 Å². The van der Waals surface area contributed by atoms with Crippen molar-refractivity contribution in [1.82, 2.24) is 4.72 Å². The molecule has 2 aromatic rings. The van der Waals surface area contributed by atoms with E-state index in [1.165, 1.54) is 7.11 Å². The van der Waals surface area contributed by atoms with Crippen molar-refractivity contribution in [3.63, 3.8) is 0 Å². The van der Waals surface area contributed by atoms with Gasteiger partial charge in [0, 0.05) is 5.39 Å². The van der Waals surface area contributed by atoms with Crippen molar-refractivity contribution in [1.29, 1.82) is 0 Å². The maximum atomic E-state index is 12.9. The molecule has 1 aromatic heterocycles. The standard InChI is InChI=1S/C24H32BNO7S/c1-23(2)16-12-19(23)24(3)20(13-16)32-25(33-24)21(26-34(28,29)10-9-22(27)30-4)11-15-14-31-18-8-6-5-7-17(15)18/h5-8,14,16,19-21,26H,9-13H2,1-4H3/t16-,19-,20+,21-,24-/m0/s1. The zero-order valence-corrected chi connectivity index (χ0v) is 20.9. The van der Waals surface area contributed by atoms with Gasteiger partial charge in [0.2, 0.25) is 10.0 Å². The first-order valence-electron chi connectivity index (χ1n) is 11.9. The number of esters is 1. The number of rotatable bonds is 8. The summed E-state index contributed by atoms with van der Waals surface area (Å²) < 4.78 is 51.9. The van der Waals surface area contributed by atoms with Gasteiger partial charge in [-0.3, -0.25) is 4.79 Å². The van der Waals surface area contributed by atoms with Crippen LogP contribution < -0.4 is 4.72 Å². The molecule has 2 heterocycles. The number of sulfonamides is 1. The summed E-state index contributed by atoms with van der Waals surface area (Å²) in [6.07, 6.45) is 3.71. The number of hydrogen-bond acceptors (Lipinski definition) is 7. The number of carbonyl (C=O) groups excluding carboxylic acids is 1. The summed E-state index contributed by atoms with van der Waals surface area (Å²) in [5, 5.41) is 0.922. The number of fused-ring (bicyclic) bond motifs is 1. The third kappa shape index (κ3) is 3.98. The average Bonchev–Trinajstić information content (AvgIpc) is 3.37. The first-order valence-corrected chi connectivity index (χ1v) is 13.5. The van der Waals surface area contributed by atoms with E-state index < -0.39 is 34.7 Å². The van der Waals surface area contributed by atoms with E-state index >= 15 is 0 Å². The van der Waals surface area contributed by atoms with Crippen molar-refractivity contribution < 1.29 is 31.7 Å². The zero-order chi connectivity index (χ0) is 24.3. The summed E-state index contributed by atoms with van der Waals surface area (Å²) >= 11 is 0. The fourth-order valence-corrected chi connectivity index (χ4v) is 7.51. The number of nitrogens with one attached hydrogen (secondary N) is 1. The van der Waals surface area contributed by atoms with Crippen LogP contribution in [-0.2, 0) is 35.3 Å². The van der Waals surface area contributed by atoms with Crippen LogP contribution in [0.2, 0.25) is 0 Å². The monoisotopic (exact) mass is 489 g/mol. The number of carbonyl (C=O) groups is 1. The summed E-state index contributed by atoms with van der Waals surface area (Å²) in [5.41, 5.74) is 1.33. The SMILES string of the molecule is COC(=O)CCS(=O)(=O)N[C@@H](Cc1coc2ccccc12)B1O[C@@H]2C[C@@H]3C[C@@H](C3(C)C)[C@]2(C)O1. The number of ether oxygens (including phenoxy) is 1. The molecule has 1 N–H and O–H groups in total. The lowest BCUT2D eigenvalue weighted by molar-refractivity contribution is -0.199. The van der Waals surface area contributed by atoms with Crippen molar-refractivity contribution in [3.8, 4) is 0 Å². The van der Waals surface area contributed by atoms with Crippen LogP contribution in [0, 0.1) is 17.3 Å². The summed E-state index contributed by atoms with van der Waals surface area (Å²) in [7, 11) is -3.30. The lowest BCUT2D eigenvalue weighted by atomic mass is 9.43. The predicted octanol–water partition coefficient (Wildman–Crippen LogP) is 3.09. The molecule has 2 bridgehead atoms. The molecule has 0 radical (unpaired) electrons. The zero-order valence-electron chi connectivity index (χ0n) is 20.1. The normalized spacial score (nSPS) is 30.6. The highest BCUT2D eigenvalue weighted by atomic mass is 32.2. The van der Waals surface area contributed by atoms with Crippen LogP contribution in [0.25, 0.3) is 11.0 Å². The van der Waals surface area contributed by atoms with Gasteiger partial charge in [0.15, 0.2) is 0 Å². The van der Waals surface area contributed by atoms with Gasteiger partial charge in [-0.2, -0.15) is 0 Å². The highest BCUT2D eigenvalue weighted by Gasteiger charge is 2.68. The summed E-state index contributed by atoms with van der Waals surface area (Å²) in [6, 6.07) is 7.64. The van der Waals surface area contributed by atoms with Crippen LogP contribution in [0.4, 0.5) is 0 Å². The number of methoxy groups -OCH3 is 1. The Morgan fingerprint density at radius 1 is 1.26 bits per heavy atom. The highest BCUT2D eigenvalue weighted by molar-refractivity contribution is 7.89. The average molecular weight is 489 g/mol. The lowest BCUT2D eigenvalue weighted by Crippen LogP contribution is -2.65. The smallest absolute Gasteiger partial charge is 0.469 e. The maximum Gasteiger partial charge on any atom is 0.477 e. The van der Waals surface area contributed by atoms with E-state index in [0.717, 1.165) is 29.4 Å². The van der Waals surface area contributed by atoms with Crippen molar-refractivity contribution >= 4 is 34.1 Å². The Kier molecular flexibility index (Phi) is 5.86. The van der Waals surface area contributed by atoms with E-state index in [9.17, 15) is 13.2 Å². The van der Waals surface area contributed by atoms with Crippen molar-refractivity contribution in [2.75, 3.05) is 12.9 Å². The van der Waals surface area contributed by atoms with E-state index in [1.807, 2.05) is 24.3 Å². The molecule has 1 saturated heterocycles. The van der Waals surface area contributed by atoms with Crippen LogP contribution in [0.5, 0.6) is 0 Å². The van der Waals surface area contributed by atoms with E-state index in [-0.39, 0.29) is 23.7 Å². The Hall–Kier alpha value is -1.88. The second-order valence-electron chi connectivity index (χ2n) is 10.7. The second kappa shape index (κ2) is 8.36. The van der Waals surface area contributed by atoms with Crippen LogP contribution in [0.3, 0.4) is 0 Å². The van der Waals surface area contributed by atoms with Gasteiger partial charge in [0.1, 0.15) is 5.58 Å². The number of para-hydroxylation sites is 1. The molecule has 10 heteroatoms. The van der Waals surface area contributed by atoms with E-state index in [2.05, 4.69) is 30.2 Å². The van der Waals surface area contributed by atoms with Gasteiger partial charge in [0.05, 0.1) is 43.2 Å². The fraction of sp³-hybridized carbons (Fsp3) is 0.625. The second-order valence-corrected chi connectivity index (χ2v) is 12.5. The van der Waals surface area contributed by atoms with Crippen LogP contribution >= 0.6 is 0 Å². The van der Waals surface area contributed by atoms with E-state index in [1.54, 1.807) is 6.26 Å². The molecule has 1 aliphatic heterocycles. The first kappa shape index (κ1) is 23.8. The molecule has 184 valence electrons. The van der Waals surface area contributed by atoms with Crippen LogP contribution in [-0.4, -0.2) is 52.0 Å². The number of benzene rings is 1. The van der Waals surface area contributed by atoms with Gasteiger partial charge in [0.25, 0.3) is 0 Å². The highest BCUT2D eigenvalue weighted by Crippen LogP contribution is 2.65. The minimum atomic E-state index is -3.80. The van der Waals surface area contributed by atoms with Crippen molar-refractivity contribution in [2.24, 2.45) is 17.3 Å². The molecule has 3 saturated carbocycles. The largest absolute Gasteiger partial charge is 0.477 e. The minimum Gasteiger partial charge on any atom is -0.469 e. The fourth-order valence-electron chi connectivity index (χ4n) is 6.30. The molecule has 0 amide bonds. The van der Waals surface area contributed by atoms with Crippen molar-refractivity contribution in [2.45, 2.75) is 64.1 Å². The molecule has 0 unspecified atom stereocenters. The Labute approximate surface area is 200 Å². The van der Waals surface area contributed by atoms with E-state index in [4.69, 9.17) is 13.7 Å². The Morgan fingerprint density at radius 2 is 2.03 bits per heavy atom. The number of furan rings is 1. The molecular formula is C24H32BNO7S. The van der Waals surface area contributed by atoms with Gasteiger partial charge < -0.3 is 18.5 Å². The maximum absolute atomic E-state index is 12.9. The minimum absolute atomic E-state index is 0.0718. The molecule has 0 spiro atoms. The molecule has 4 aliphatic rings. The van der Waals surface area contributed by atoms with Gasteiger partial charge in [-0.15, -0.1) is 0 Å². The Bertz CT molecular complexity index is 1190. The molecule has 34 heavy (non-hydrogen) atoms. The topological polar surface area (TPSA) is 104 Å². The molecule has 8 nitrogen and oxygen atoms in total. The summed E-state index contributed by atoms with van der Waals surface area (Å²) in [4.78, 5) is 11.5.